The van der Waals surface area contributed by atoms with E-state index in [4.69, 9.17) is 0 Å². The smallest absolute Gasteiger partial charge is 0.225 e. The van der Waals surface area contributed by atoms with Gasteiger partial charge in [-0.3, -0.25) is 0 Å². The summed E-state index contributed by atoms with van der Waals surface area (Å²) in [6.07, 6.45) is 4.65. The van der Waals surface area contributed by atoms with E-state index in [0.717, 1.165) is 41.4 Å². The molecule has 6 heteroatoms. The van der Waals surface area contributed by atoms with Crippen molar-refractivity contribution in [3.8, 4) is 0 Å². The van der Waals surface area contributed by atoms with E-state index in [2.05, 4.69) is 59.9 Å². The van der Waals surface area contributed by atoms with E-state index in [1.165, 1.54) is 0 Å². The van der Waals surface area contributed by atoms with Crippen LogP contribution < -0.4 is 9.80 Å². The molecule has 1 saturated heterocycles. The lowest BCUT2D eigenvalue weighted by Gasteiger charge is -2.25. The first-order valence-electron chi connectivity index (χ1n) is 7.03. The highest BCUT2D eigenvalue weighted by atomic mass is 79.9. The molecule has 21 heavy (non-hydrogen) atoms. The standard InChI is InChI=1S/C15H18BrN5/c1-11-13(16)4-5-14(19-11)21-9-6-12(10-21)20(2)15-17-7-3-8-18-15/h3-5,7-8,12H,6,9-10H2,1-2H3. The van der Waals surface area contributed by atoms with Gasteiger partial charge >= 0.3 is 0 Å². The highest BCUT2D eigenvalue weighted by Gasteiger charge is 2.27. The summed E-state index contributed by atoms with van der Waals surface area (Å²) in [6, 6.07) is 6.39. The van der Waals surface area contributed by atoms with Crippen LogP contribution in [0.15, 0.2) is 35.1 Å². The topological polar surface area (TPSA) is 45.2 Å². The monoisotopic (exact) mass is 347 g/mol. The molecular weight excluding hydrogens is 330 g/mol. The third-order valence-electron chi connectivity index (χ3n) is 3.91. The summed E-state index contributed by atoms with van der Waals surface area (Å²) in [7, 11) is 2.06. The molecule has 1 aliphatic rings. The molecule has 2 aromatic rings. The second kappa shape index (κ2) is 5.97. The van der Waals surface area contributed by atoms with Crippen LogP contribution in [0, 0.1) is 6.92 Å². The van der Waals surface area contributed by atoms with Crippen molar-refractivity contribution in [2.45, 2.75) is 19.4 Å². The highest BCUT2D eigenvalue weighted by molar-refractivity contribution is 9.10. The van der Waals surface area contributed by atoms with Crippen LogP contribution >= 0.6 is 15.9 Å². The minimum atomic E-state index is 0.415. The number of hydrogen-bond acceptors (Lipinski definition) is 5. The van der Waals surface area contributed by atoms with Gasteiger partial charge in [-0.2, -0.15) is 0 Å². The number of halogens is 1. The molecule has 0 aliphatic carbocycles. The summed E-state index contributed by atoms with van der Waals surface area (Å²) in [6.45, 7) is 3.98. The Hall–Kier alpha value is -1.69. The minimum Gasteiger partial charge on any atom is -0.354 e. The Kier molecular flexibility index (Phi) is 4.05. The molecule has 0 N–H and O–H groups in total. The highest BCUT2D eigenvalue weighted by Crippen LogP contribution is 2.25. The molecule has 0 amide bonds. The van der Waals surface area contributed by atoms with Gasteiger partial charge in [0.2, 0.25) is 5.95 Å². The first-order chi connectivity index (χ1) is 10.1. The molecule has 1 aliphatic heterocycles. The van der Waals surface area contributed by atoms with E-state index in [9.17, 15) is 0 Å². The maximum Gasteiger partial charge on any atom is 0.225 e. The third-order valence-corrected chi connectivity index (χ3v) is 4.75. The van der Waals surface area contributed by atoms with Crippen molar-refractivity contribution < 1.29 is 0 Å². The zero-order valence-electron chi connectivity index (χ0n) is 12.2. The van der Waals surface area contributed by atoms with Crippen molar-refractivity contribution in [3.05, 3.63) is 40.8 Å². The molecule has 0 bridgehead atoms. The number of aromatic nitrogens is 3. The first kappa shape index (κ1) is 14.3. The number of likely N-dealkylation sites (N-methyl/N-ethyl adjacent to an activating group) is 1. The lowest BCUT2D eigenvalue weighted by atomic mass is 10.2. The zero-order chi connectivity index (χ0) is 14.8. The fourth-order valence-electron chi connectivity index (χ4n) is 2.61. The average Bonchev–Trinajstić information content (AvgIpc) is 3.00. The summed E-state index contributed by atoms with van der Waals surface area (Å²) >= 11 is 3.50. The predicted molar refractivity (Wildman–Crippen MR) is 87.7 cm³/mol. The summed E-state index contributed by atoms with van der Waals surface area (Å²) in [4.78, 5) is 17.8. The third kappa shape index (κ3) is 3.00. The number of aryl methyl sites for hydroxylation is 1. The van der Waals surface area contributed by atoms with Crippen molar-refractivity contribution in [1.29, 1.82) is 0 Å². The van der Waals surface area contributed by atoms with Crippen molar-refractivity contribution in [2.24, 2.45) is 0 Å². The molecular formula is C15H18BrN5. The molecule has 2 aromatic heterocycles. The van der Waals surface area contributed by atoms with Crippen molar-refractivity contribution in [3.63, 3.8) is 0 Å². The van der Waals surface area contributed by atoms with Crippen LogP contribution in [0.3, 0.4) is 0 Å². The number of rotatable bonds is 3. The van der Waals surface area contributed by atoms with Gasteiger partial charge in [0.15, 0.2) is 0 Å². The van der Waals surface area contributed by atoms with E-state index >= 15 is 0 Å². The number of hydrogen-bond donors (Lipinski definition) is 0. The Labute approximate surface area is 133 Å². The lowest BCUT2D eigenvalue weighted by molar-refractivity contribution is 0.674. The van der Waals surface area contributed by atoms with Crippen LogP contribution in [0.2, 0.25) is 0 Å². The average molecular weight is 348 g/mol. The van der Waals surface area contributed by atoms with E-state index in [1.807, 2.05) is 13.0 Å². The molecule has 1 unspecified atom stereocenters. The predicted octanol–water partition coefficient (Wildman–Crippen LogP) is 2.66. The van der Waals surface area contributed by atoms with Gasteiger partial charge in [0.1, 0.15) is 5.82 Å². The van der Waals surface area contributed by atoms with Gasteiger partial charge in [0.05, 0.1) is 11.7 Å². The number of nitrogens with zero attached hydrogens (tertiary/aromatic N) is 5. The van der Waals surface area contributed by atoms with Crippen LogP contribution in [0.25, 0.3) is 0 Å². The van der Waals surface area contributed by atoms with Gasteiger partial charge in [0, 0.05) is 37.0 Å². The zero-order valence-corrected chi connectivity index (χ0v) is 13.8. The van der Waals surface area contributed by atoms with Crippen LogP contribution in [0.4, 0.5) is 11.8 Å². The molecule has 3 heterocycles. The molecule has 5 nitrogen and oxygen atoms in total. The maximum atomic E-state index is 4.65. The summed E-state index contributed by atoms with van der Waals surface area (Å²) in [5.74, 6) is 1.82. The Morgan fingerprint density at radius 2 is 2.05 bits per heavy atom. The normalized spacial score (nSPS) is 18.0. The molecule has 1 fully saturated rings. The van der Waals surface area contributed by atoms with Crippen molar-refractivity contribution in [1.82, 2.24) is 15.0 Å². The van der Waals surface area contributed by atoms with E-state index in [0.29, 0.717) is 6.04 Å². The van der Waals surface area contributed by atoms with Gasteiger partial charge in [-0.1, -0.05) is 0 Å². The molecule has 3 rings (SSSR count). The lowest BCUT2D eigenvalue weighted by Crippen LogP contribution is -2.35. The van der Waals surface area contributed by atoms with Gasteiger partial charge < -0.3 is 9.80 Å². The molecule has 1 atom stereocenters. The largest absolute Gasteiger partial charge is 0.354 e. The molecule has 0 radical (unpaired) electrons. The fourth-order valence-corrected chi connectivity index (χ4v) is 2.83. The molecule has 110 valence electrons. The van der Waals surface area contributed by atoms with Crippen LogP contribution in [0.1, 0.15) is 12.1 Å². The van der Waals surface area contributed by atoms with E-state index in [-0.39, 0.29) is 0 Å². The summed E-state index contributed by atoms with van der Waals surface area (Å²) in [5.41, 5.74) is 1.02. The quantitative estimate of drug-likeness (QED) is 0.853. The number of anilines is 2. The van der Waals surface area contributed by atoms with Crippen molar-refractivity contribution in [2.75, 3.05) is 29.9 Å². The Balaban J connectivity index is 1.72. The van der Waals surface area contributed by atoms with E-state index < -0.39 is 0 Å². The SMILES string of the molecule is Cc1nc(N2CCC(N(C)c3ncccn3)C2)ccc1Br. The molecule has 0 saturated carbocycles. The van der Waals surface area contributed by atoms with Crippen LogP contribution in [-0.2, 0) is 0 Å². The summed E-state index contributed by atoms with van der Waals surface area (Å²) < 4.78 is 1.05. The first-order valence-corrected chi connectivity index (χ1v) is 7.82. The summed E-state index contributed by atoms with van der Waals surface area (Å²) in [5, 5.41) is 0. The van der Waals surface area contributed by atoms with Crippen LogP contribution in [-0.4, -0.2) is 41.1 Å². The second-order valence-corrected chi connectivity index (χ2v) is 6.14. The van der Waals surface area contributed by atoms with Gasteiger partial charge in [-0.05, 0) is 47.5 Å². The van der Waals surface area contributed by atoms with Gasteiger partial charge in [-0.15, -0.1) is 0 Å². The van der Waals surface area contributed by atoms with Gasteiger partial charge in [0.25, 0.3) is 0 Å². The van der Waals surface area contributed by atoms with Crippen LogP contribution in [0.5, 0.6) is 0 Å². The fraction of sp³-hybridized carbons (Fsp3) is 0.400. The Morgan fingerprint density at radius 1 is 1.29 bits per heavy atom. The van der Waals surface area contributed by atoms with Crippen molar-refractivity contribution >= 4 is 27.7 Å². The second-order valence-electron chi connectivity index (χ2n) is 5.28. The minimum absolute atomic E-state index is 0.415. The number of pyridine rings is 1. The Morgan fingerprint density at radius 3 is 2.76 bits per heavy atom. The maximum absolute atomic E-state index is 4.65. The molecule has 0 spiro atoms. The van der Waals surface area contributed by atoms with E-state index in [1.54, 1.807) is 12.4 Å². The molecule has 0 aromatic carbocycles. The Bertz CT molecular complexity index is 619. The van der Waals surface area contributed by atoms with Gasteiger partial charge in [-0.25, -0.2) is 15.0 Å².